The van der Waals surface area contributed by atoms with Gasteiger partial charge in [-0.25, -0.2) is 0 Å². The Morgan fingerprint density at radius 1 is 1.30 bits per heavy atom. The van der Waals surface area contributed by atoms with Crippen molar-refractivity contribution < 1.29 is 14.6 Å². The van der Waals surface area contributed by atoms with Crippen LogP contribution < -0.4 is 5.32 Å². The Bertz CT molecular complexity index is 715. The molecular weight excluding hydrogens is 340 g/mol. The fraction of sp³-hybridized carbons (Fsp3) is 0.591. The van der Waals surface area contributed by atoms with E-state index in [1.807, 2.05) is 18.2 Å². The quantitative estimate of drug-likeness (QED) is 0.798. The summed E-state index contributed by atoms with van der Waals surface area (Å²) in [4.78, 5) is 15.4. The number of morpholine rings is 1. The second-order valence-electron chi connectivity index (χ2n) is 8.22. The lowest BCUT2D eigenvalue weighted by atomic mass is 9.95. The van der Waals surface area contributed by atoms with Gasteiger partial charge in [0.2, 0.25) is 0 Å². The molecule has 1 heterocycles. The number of nitrogens with zero attached hydrogens (tertiary/aromatic N) is 1. The molecule has 5 heteroatoms. The van der Waals surface area contributed by atoms with Crippen LogP contribution in [0.1, 0.15) is 55.5 Å². The van der Waals surface area contributed by atoms with Crippen molar-refractivity contribution in [2.24, 2.45) is 0 Å². The topological polar surface area (TPSA) is 61.8 Å². The minimum Gasteiger partial charge on any atom is -0.379 e. The van der Waals surface area contributed by atoms with Crippen molar-refractivity contribution in [1.82, 2.24) is 10.2 Å². The predicted molar refractivity (Wildman–Crippen MR) is 106 cm³/mol. The lowest BCUT2D eigenvalue weighted by Crippen LogP contribution is -2.55. The van der Waals surface area contributed by atoms with E-state index >= 15 is 0 Å². The number of benzene rings is 1. The first-order valence-electron chi connectivity index (χ1n) is 9.84. The van der Waals surface area contributed by atoms with Crippen LogP contribution in [0.15, 0.2) is 24.3 Å². The van der Waals surface area contributed by atoms with Crippen LogP contribution in [-0.2, 0) is 4.74 Å². The summed E-state index contributed by atoms with van der Waals surface area (Å²) in [6.07, 6.45) is 4.35. The van der Waals surface area contributed by atoms with Crippen LogP contribution in [0.25, 0.3) is 0 Å². The maximum atomic E-state index is 12.9. The summed E-state index contributed by atoms with van der Waals surface area (Å²) < 4.78 is 5.45. The van der Waals surface area contributed by atoms with Crippen molar-refractivity contribution in [3.63, 3.8) is 0 Å². The number of rotatable bonds is 4. The van der Waals surface area contributed by atoms with E-state index in [4.69, 9.17) is 4.74 Å². The Kier molecular flexibility index (Phi) is 6.21. The molecule has 0 aromatic heterocycles. The molecule has 1 aromatic rings. The first-order chi connectivity index (χ1) is 12.9. The van der Waals surface area contributed by atoms with Gasteiger partial charge in [-0.2, -0.15) is 0 Å². The van der Waals surface area contributed by atoms with Gasteiger partial charge in [0.15, 0.2) is 0 Å². The molecule has 1 aromatic carbocycles. The van der Waals surface area contributed by atoms with E-state index in [9.17, 15) is 9.90 Å². The number of carbonyl (C=O) groups is 1. The van der Waals surface area contributed by atoms with Gasteiger partial charge in [0, 0.05) is 30.8 Å². The average Bonchev–Trinajstić information content (AvgIpc) is 3.08. The standard InChI is InChI=1S/C22H30N2O3/c1-21(2,26)11-8-18-6-5-7-19(16-18)20(25)23-22(9-3-4-10-22)17-24-12-14-27-15-13-24/h5-7,16,26H,3-4,9-10,12-15,17H2,1-2H3,(H,23,25). The monoisotopic (exact) mass is 370 g/mol. The average molecular weight is 370 g/mol. The lowest BCUT2D eigenvalue weighted by Gasteiger charge is -2.37. The van der Waals surface area contributed by atoms with Crippen molar-refractivity contribution in [3.8, 4) is 11.8 Å². The molecule has 0 bridgehead atoms. The zero-order valence-corrected chi connectivity index (χ0v) is 16.4. The molecular formula is C22H30N2O3. The van der Waals surface area contributed by atoms with Gasteiger partial charge in [-0.3, -0.25) is 9.69 Å². The number of carbonyl (C=O) groups excluding carboxylic acids is 1. The number of aliphatic hydroxyl groups is 1. The number of ether oxygens (including phenoxy) is 1. The molecule has 2 aliphatic rings. The molecule has 2 fully saturated rings. The molecule has 1 saturated carbocycles. The Morgan fingerprint density at radius 3 is 2.67 bits per heavy atom. The smallest absolute Gasteiger partial charge is 0.251 e. The Labute approximate surface area is 162 Å². The van der Waals surface area contributed by atoms with Gasteiger partial charge in [-0.15, -0.1) is 0 Å². The van der Waals surface area contributed by atoms with Crippen LogP contribution >= 0.6 is 0 Å². The first-order valence-corrected chi connectivity index (χ1v) is 9.84. The van der Waals surface area contributed by atoms with E-state index in [-0.39, 0.29) is 11.4 Å². The predicted octanol–water partition coefficient (Wildman–Crippen LogP) is 2.18. The Hall–Kier alpha value is -1.87. The summed E-state index contributed by atoms with van der Waals surface area (Å²) in [5.41, 5.74) is 0.150. The van der Waals surface area contributed by atoms with Crippen molar-refractivity contribution in [2.75, 3.05) is 32.8 Å². The highest BCUT2D eigenvalue weighted by Gasteiger charge is 2.37. The summed E-state index contributed by atoms with van der Waals surface area (Å²) in [6.45, 7) is 7.58. The van der Waals surface area contributed by atoms with Crippen LogP contribution in [-0.4, -0.2) is 59.9 Å². The van der Waals surface area contributed by atoms with E-state index in [1.54, 1.807) is 19.9 Å². The molecule has 1 saturated heterocycles. The van der Waals surface area contributed by atoms with Gasteiger partial charge >= 0.3 is 0 Å². The molecule has 5 nitrogen and oxygen atoms in total. The molecule has 3 rings (SSSR count). The molecule has 146 valence electrons. The third kappa shape index (κ3) is 5.80. The second kappa shape index (κ2) is 8.43. The molecule has 1 amide bonds. The summed E-state index contributed by atoms with van der Waals surface area (Å²) in [7, 11) is 0. The van der Waals surface area contributed by atoms with Gasteiger partial charge in [0.05, 0.1) is 18.8 Å². The van der Waals surface area contributed by atoms with Crippen molar-refractivity contribution >= 4 is 5.91 Å². The van der Waals surface area contributed by atoms with Crippen LogP contribution in [0, 0.1) is 11.8 Å². The normalized spacial score (nSPS) is 20.0. The van der Waals surface area contributed by atoms with Gasteiger partial charge in [0.25, 0.3) is 5.91 Å². The van der Waals surface area contributed by atoms with Crippen molar-refractivity contribution in [1.29, 1.82) is 0 Å². The van der Waals surface area contributed by atoms with Crippen LogP contribution in [0.4, 0.5) is 0 Å². The first kappa shape index (κ1) is 19.9. The molecule has 27 heavy (non-hydrogen) atoms. The maximum Gasteiger partial charge on any atom is 0.251 e. The van der Waals surface area contributed by atoms with Gasteiger partial charge in [-0.05, 0) is 44.9 Å². The van der Waals surface area contributed by atoms with Gasteiger partial charge in [-0.1, -0.05) is 30.7 Å². The fourth-order valence-electron chi connectivity index (χ4n) is 3.84. The molecule has 0 atom stereocenters. The van der Waals surface area contributed by atoms with E-state index in [2.05, 4.69) is 22.1 Å². The zero-order chi connectivity index (χ0) is 19.3. The van der Waals surface area contributed by atoms with Crippen molar-refractivity contribution in [2.45, 2.75) is 50.7 Å². The van der Waals surface area contributed by atoms with Crippen molar-refractivity contribution in [3.05, 3.63) is 35.4 Å². The third-order valence-corrected chi connectivity index (χ3v) is 5.21. The molecule has 1 aliphatic carbocycles. The number of hydrogen-bond donors (Lipinski definition) is 2. The Morgan fingerprint density at radius 2 is 2.00 bits per heavy atom. The minimum atomic E-state index is -1.05. The highest BCUT2D eigenvalue weighted by atomic mass is 16.5. The number of hydrogen-bond acceptors (Lipinski definition) is 4. The van der Waals surface area contributed by atoms with Gasteiger partial charge < -0.3 is 15.2 Å². The van der Waals surface area contributed by atoms with E-state index < -0.39 is 5.60 Å². The highest BCUT2D eigenvalue weighted by molar-refractivity contribution is 5.95. The third-order valence-electron chi connectivity index (χ3n) is 5.21. The zero-order valence-electron chi connectivity index (χ0n) is 16.4. The van der Waals surface area contributed by atoms with Gasteiger partial charge in [0.1, 0.15) is 5.60 Å². The Balaban J connectivity index is 1.71. The molecule has 2 N–H and O–H groups in total. The second-order valence-corrected chi connectivity index (χ2v) is 8.22. The van der Waals surface area contributed by atoms with Crippen LogP contribution in [0.3, 0.4) is 0 Å². The number of nitrogens with one attached hydrogen (secondary N) is 1. The van der Waals surface area contributed by atoms with E-state index in [1.165, 1.54) is 0 Å². The summed E-state index contributed by atoms with van der Waals surface area (Å²) in [5, 5.41) is 13.1. The van der Waals surface area contributed by atoms with E-state index in [0.717, 1.165) is 64.1 Å². The summed E-state index contributed by atoms with van der Waals surface area (Å²) in [5.74, 6) is 5.70. The molecule has 0 spiro atoms. The molecule has 0 unspecified atom stereocenters. The SMILES string of the molecule is CC(C)(O)C#Cc1cccc(C(=O)NC2(CN3CCOCC3)CCCC2)c1. The van der Waals surface area contributed by atoms with E-state index in [0.29, 0.717) is 5.56 Å². The molecule has 0 radical (unpaired) electrons. The largest absolute Gasteiger partial charge is 0.379 e. The lowest BCUT2D eigenvalue weighted by molar-refractivity contribution is 0.0238. The summed E-state index contributed by atoms with van der Waals surface area (Å²) in [6, 6.07) is 7.31. The van der Waals surface area contributed by atoms with Crippen LogP contribution in [0.5, 0.6) is 0 Å². The highest BCUT2D eigenvalue weighted by Crippen LogP contribution is 2.31. The maximum absolute atomic E-state index is 12.9. The molecule has 1 aliphatic heterocycles. The summed E-state index contributed by atoms with van der Waals surface area (Å²) >= 11 is 0. The fourth-order valence-corrected chi connectivity index (χ4v) is 3.84. The minimum absolute atomic E-state index is 0.0444. The van der Waals surface area contributed by atoms with Crippen LogP contribution in [0.2, 0.25) is 0 Å². The number of amides is 1.